The van der Waals surface area contributed by atoms with Gasteiger partial charge in [0.05, 0.1) is 22.0 Å². The highest BCUT2D eigenvalue weighted by molar-refractivity contribution is 7.22. The number of rotatable bonds is 3. The monoisotopic (exact) mass is 269 g/mol. The molecule has 0 saturated heterocycles. The summed E-state index contributed by atoms with van der Waals surface area (Å²) >= 11 is 1.68. The molecule has 1 N–H and O–H groups in total. The Labute approximate surface area is 116 Å². The van der Waals surface area contributed by atoms with Crippen LogP contribution in [0, 0.1) is 6.92 Å². The number of anilines is 1. The molecule has 0 aliphatic rings. The molecule has 3 nitrogen and oxygen atoms in total. The third-order valence-corrected chi connectivity index (χ3v) is 3.98. The standard InChI is InChI=1S/C15H15N3S/c1-10-6-7-14-13(9-10)18-15(19-14)17-11(2)12-5-3-4-8-16-12/h3-9,11H,1-2H3,(H,17,18). The number of aromatic nitrogens is 2. The molecule has 2 heterocycles. The van der Waals surface area contributed by atoms with Crippen LogP contribution in [-0.4, -0.2) is 9.97 Å². The van der Waals surface area contributed by atoms with Crippen molar-refractivity contribution in [1.82, 2.24) is 9.97 Å². The fraction of sp³-hybridized carbons (Fsp3) is 0.200. The number of thiazole rings is 1. The van der Waals surface area contributed by atoms with Crippen molar-refractivity contribution in [2.24, 2.45) is 0 Å². The molecule has 3 aromatic rings. The van der Waals surface area contributed by atoms with Crippen LogP contribution in [0.25, 0.3) is 10.2 Å². The van der Waals surface area contributed by atoms with E-state index in [9.17, 15) is 0 Å². The lowest BCUT2D eigenvalue weighted by atomic mass is 10.2. The lowest BCUT2D eigenvalue weighted by Gasteiger charge is -2.11. The maximum absolute atomic E-state index is 4.62. The predicted molar refractivity (Wildman–Crippen MR) is 80.6 cm³/mol. The zero-order chi connectivity index (χ0) is 13.2. The van der Waals surface area contributed by atoms with E-state index in [0.29, 0.717) is 0 Å². The maximum atomic E-state index is 4.62. The van der Waals surface area contributed by atoms with Gasteiger partial charge in [-0.1, -0.05) is 23.5 Å². The van der Waals surface area contributed by atoms with Crippen LogP contribution in [0.15, 0.2) is 42.6 Å². The lowest BCUT2D eigenvalue weighted by molar-refractivity contribution is 0.838. The van der Waals surface area contributed by atoms with Crippen LogP contribution in [-0.2, 0) is 0 Å². The van der Waals surface area contributed by atoms with Crippen molar-refractivity contribution in [3.05, 3.63) is 53.9 Å². The van der Waals surface area contributed by atoms with Crippen LogP contribution in [0.1, 0.15) is 24.2 Å². The molecule has 3 rings (SSSR count). The third kappa shape index (κ3) is 2.58. The van der Waals surface area contributed by atoms with Gasteiger partial charge in [-0.25, -0.2) is 4.98 Å². The summed E-state index contributed by atoms with van der Waals surface area (Å²) in [6, 6.07) is 12.5. The Bertz CT molecular complexity index is 691. The molecule has 0 radical (unpaired) electrons. The van der Waals surface area contributed by atoms with Crippen molar-refractivity contribution >= 4 is 26.7 Å². The zero-order valence-corrected chi connectivity index (χ0v) is 11.7. The molecule has 0 fully saturated rings. The maximum Gasteiger partial charge on any atom is 0.184 e. The summed E-state index contributed by atoms with van der Waals surface area (Å²) in [5.41, 5.74) is 3.32. The van der Waals surface area contributed by atoms with Crippen molar-refractivity contribution in [3.63, 3.8) is 0 Å². The third-order valence-electron chi connectivity index (χ3n) is 3.01. The Balaban J connectivity index is 1.85. The first-order valence-electron chi connectivity index (χ1n) is 6.27. The summed E-state index contributed by atoms with van der Waals surface area (Å²) in [5.74, 6) is 0. The van der Waals surface area contributed by atoms with E-state index in [4.69, 9.17) is 0 Å². The average molecular weight is 269 g/mol. The van der Waals surface area contributed by atoms with E-state index in [1.807, 2.05) is 24.4 Å². The Hall–Kier alpha value is -1.94. The molecule has 0 spiro atoms. The summed E-state index contributed by atoms with van der Waals surface area (Å²) in [6.45, 7) is 4.18. The molecular weight excluding hydrogens is 254 g/mol. The minimum absolute atomic E-state index is 0.155. The molecule has 0 saturated carbocycles. The fourth-order valence-electron chi connectivity index (χ4n) is 1.99. The number of fused-ring (bicyclic) bond motifs is 1. The van der Waals surface area contributed by atoms with E-state index in [1.54, 1.807) is 11.3 Å². The quantitative estimate of drug-likeness (QED) is 0.775. The van der Waals surface area contributed by atoms with Gasteiger partial charge in [-0.3, -0.25) is 4.98 Å². The van der Waals surface area contributed by atoms with Gasteiger partial charge < -0.3 is 5.32 Å². The van der Waals surface area contributed by atoms with Gasteiger partial charge in [-0.05, 0) is 43.7 Å². The van der Waals surface area contributed by atoms with E-state index in [1.165, 1.54) is 10.3 Å². The van der Waals surface area contributed by atoms with E-state index < -0.39 is 0 Å². The van der Waals surface area contributed by atoms with Crippen LogP contribution < -0.4 is 5.32 Å². The van der Waals surface area contributed by atoms with Gasteiger partial charge in [0, 0.05) is 6.20 Å². The second-order valence-corrected chi connectivity index (χ2v) is 5.64. The van der Waals surface area contributed by atoms with E-state index in [2.05, 4.69) is 47.3 Å². The highest BCUT2D eigenvalue weighted by Crippen LogP contribution is 2.28. The number of aryl methyl sites for hydroxylation is 1. The molecule has 0 bridgehead atoms. The summed E-state index contributed by atoms with van der Waals surface area (Å²) in [4.78, 5) is 8.98. The number of hydrogen-bond acceptors (Lipinski definition) is 4. The van der Waals surface area contributed by atoms with Crippen molar-refractivity contribution in [2.75, 3.05) is 5.32 Å². The number of benzene rings is 1. The van der Waals surface area contributed by atoms with Gasteiger partial charge in [0.2, 0.25) is 0 Å². The predicted octanol–water partition coefficient (Wildman–Crippen LogP) is 4.17. The van der Waals surface area contributed by atoms with Gasteiger partial charge in [-0.2, -0.15) is 0 Å². The lowest BCUT2D eigenvalue weighted by Crippen LogP contribution is -2.07. The molecule has 1 atom stereocenters. The summed E-state index contributed by atoms with van der Waals surface area (Å²) in [7, 11) is 0. The molecule has 1 unspecified atom stereocenters. The van der Waals surface area contributed by atoms with E-state index in [-0.39, 0.29) is 6.04 Å². The Morgan fingerprint density at radius 3 is 2.89 bits per heavy atom. The molecule has 0 amide bonds. The minimum Gasteiger partial charge on any atom is -0.353 e. The molecule has 19 heavy (non-hydrogen) atoms. The van der Waals surface area contributed by atoms with Gasteiger partial charge in [-0.15, -0.1) is 0 Å². The average Bonchev–Trinajstić information content (AvgIpc) is 2.81. The minimum atomic E-state index is 0.155. The van der Waals surface area contributed by atoms with Crippen LogP contribution in [0.4, 0.5) is 5.13 Å². The van der Waals surface area contributed by atoms with Crippen LogP contribution in [0.2, 0.25) is 0 Å². The zero-order valence-electron chi connectivity index (χ0n) is 10.9. The Kier molecular flexibility index (Phi) is 3.17. The second-order valence-electron chi connectivity index (χ2n) is 4.61. The van der Waals surface area contributed by atoms with Crippen molar-refractivity contribution in [3.8, 4) is 0 Å². The summed E-state index contributed by atoms with van der Waals surface area (Å²) in [5, 5.41) is 4.36. The van der Waals surface area contributed by atoms with Crippen molar-refractivity contribution in [2.45, 2.75) is 19.9 Å². The molecule has 0 aliphatic carbocycles. The SMILES string of the molecule is Cc1ccc2sc(NC(C)c3ccccn3)nc2c1. The summed E-state index contributed by atoms with van der Waals surface area (Å²) in [6.07, 6.45) is 1.81. The first-order chi connectivity index (χ1) is 9.22. The first-order valence-corrected chi connectivity index (χ1v) is 7.09. The van der Waals surface area contributed by atoms with Gasteiger partial charge in [0.25, 0.3) is 0 Å². The molecule has 0 aliphatic heterocycles. The van der Waals surface area contributed by atoms with Crippen LogP contribution in [0.3, 0.4) is 0 Å². The van der Waals surface area contributed by atoms with Crippen LogP contribution >= 0.6 is 11.3 Å². The van der Waals surface area contributed by atoms with Crippen molar-refractivity contribution in [1.29, 1.82) is 0 Å². The molecule has 96 valence electrons. The number of nitrogens with zero attached hydrogens (tertiary/aromatic N) is 2. The highest BCUT2D eigenvalue weighted by Gasteiger charge is 2.09. The smallest absolute Gasteiger partial charge is 0.184 e. The second kappa shape index (κ2) is 4.97. The molecule has 2 aromatic heterocycles. The topological polar surface area (TPSA) is 37.8 Å². The highest BCUT2D eigenvalue weighted by atomic mass is 32.1. The summed E-state index contributed by atoms with van der Waals surface area (Å²) < 4.78 is 1.21. The van der Waals surface area contributed by atoms with Gasteiger partial charge in [0.15, 0.2) is 5.13 Å². The van der Waals surface area contributed by atoms with Crippen molar-refractivity contribution < 1.29 is 0 Å². The number of nitrogens with one attached hydrogen (secondary N) is 1. The Morgan fingerprint density at radius 2 is 2.11 bits per heavy atom. The first kappa shape index (κ1) is 12.1. The van der Waals surface area contributed by atoms with Gasteiger partial charge in [0.1, 0.15) is 0 Å². The van der Waals surface area contributed by atoms with Crippen LogP contribution in [0.5, 0.6) is 0 Å². The van der Waals surface area contributed by atoms with E-state index in [0.717, 1.165) is 16.3 Å². The molecule has 1 aromatic carbocycles. The largest absolute Gasteiger partial charge is 0.353 e. The molecule has 4 heteroatoms. The number of hydrogen-bond donors (Lipinski definition) is 1. The Morgan fingerprint density at radius 1 is 1.21 bits per heavy atom. The fourth-order valence-corrected chi connectivity index (χ4v) is 2.92. The normalized spacial score (nSPS) is 12.5. The molecular formula is C15H15N3S. The van der Waals surface area contributed by atoms with Gasteiger partial charge >= 0.3 is 0 Å². The number of pyridine rings is 1. The van der Waals surface area contributed by atoms with E-state index >= 15 is 0 Å².